The molecule has 0 aliphatic rings. The largest absolute Gasteiger partial charge is 0.481 e. The minimum absolute atomic E-state index is 0.408. The number of rotatable bonds is 9. The number of nitrogens with one attached hydrogen (secondary N) is 1. The highest BCUT2D eigenvalue weighted by atomic mass is 16.4. The SMILES string of the molecule is O=C(O)[C@H](CCc1c[nH]c2ccccc12)[C@@H](O)CCc1ccc(-c2ccccc2)cc1. The van der Waals surface area contributed by atoms with Crippen molar-refractivity contribution >= 4 is 16.9 Å². The molecule has 0 radical (unpaired) electrons. The molecule has 31 heavy (non-hydrogen) atoms. The monoisotopic (exact) mass is 413 g/mol. The van der Waals surface area contributed by atoms with Crippen LogP contribution in [-0.2, 0) is 17.6 Å². The molecule has 0 spiro atoms. The van der Waals surface area contributed by atoms with Gasteiger partial charge in [-0.15, -0.1) is 0 Å². The summed E-state index contributed by atoms with van der Waals surface area (Å²) in [5.41, 5.74) is 5.54. The number of hydrogen-bond acceptors (Lipinski definition) is 2. The lowest BCUT2D eigenvalue weighted by Gasteiger charge is -2.19. The number of benzene rings is 3. The first-order chi connectivity index (χ1) is 15.1. The first-order valence-corrected chi connectivity index (χ1v) is 10.7. The summed E-state index contributed by atoms with van der Waals surface area (Å²) in [5, 5.41) is 21.4. The summed E-state index contributed by atoms with van der Waals surface area (Å²) in [6, 6.07) is 26.4. The lowest BCUT2D eigenvalue weighted by molar-refractivity contribution is -0.146. The Bertz CT molecular complexity index is 1130. The van der Waals surface area contributed by atoms with Crippen LogP contribution in [-0.4, -0.2) is 27.3 Å². The van der Waals surface area contributed by atoms with Gasteiger partial charge in [-0.2, -0.15) is 0 Å². The Labute approximate surface area is 182 Å². The zero-order valence-corrected chi connectivity index (χ0v) is 17.4. The first-order valence-electron chi connectivity index (χ1n) is 10.7. The molecule has 4 heteroatoms. The van der Waals surface area contributed by atoms with Crippen LogP contribution in [0.25, 0.3) is 22.0 Å². The van der Waals surface area contributed by atoms with Crippen molar-refractivity contribution in [2.75, 3.05) is 0 Å². The normalized spacial score (nSPS) is 13.2. The molecule has 0 unspecified atom stereocenters. The van der Waals surface area contributed by atoms with E-state index in [9.17, 15) is 15.0 Å². The Kier molecular flexibility index (Phi) is 6.48. The van der Waals surface area contributed by atoms with Gasteiger partial charge in [0.15, 0.2) is 0 Å². The molecule has 4 aromatic rings. The fourth-order valence-corrected chi connectivity index (χ4v) is 4.14. The minimum atomic E-state index is -0.938. The van der Waals surface area contributed by atoms with Crippen LogP contribution in [0.2, 0.25) is 0 Å². The Morgan fingerprint density at radius 1 is 0.806 bits per heavy atom. The number of aliphatic hydroxyl groups is 1. The summed E-state index contributed by atoms with van der Waals surface area (Å²) in [4.78, 5) is 15.0. The van der Waals surface area contributed by atoms with Gasteiger partial charge in [-0.1, -0.05) is 72.8 Å². The summed E-state index contributed by atoms with van der Waals surface area (Å²) in [5.74, 6) is -1.72. The average Bonchev–Trinajstić information content (AvgIpc) is 3.22. The second kappa shape index (κ2) is 9.63. The van der Waals surface area contributed by atoms with Crippen LogP contribution in [0.15, 0.2) is 85.1 Å². The van der Waals surface area contributed by atoms with Gasteiger partial charge in [-0.25, -0.2) is 0 Å². The van der Waals surface area contributed by atoms with Crippen LogP contribution in [0.4, 0.5) is 0 Å². The number of aliphatic hydroxyl groups excluding tert-OH is 1. The van der Waals surface area contributed by atoms with Crippen molar-refractivity contribution in [3.63, 3.8) is 0 Å². The number of aryl methyl sites for hydroxylation is 2. The summed E-state index contributed by atoms with van der Waals surface area (Å²) < 4.78 is 0. The molecule has 0 amide bonds. The maximum absolute atomic E-state index is 11.8. The van der Waals surface area contributed by atoms with Gasteiger partial charge in [-0.05, 0) is 54.0 Å². The Morgan fingerprint density at radius 3 is 2.23 bits per heavy atom. The topological polar surface area (TPSA) is 73.3 Å². The van der Waals surface area contributed by atoms with Gasteiger partial charge >= 0.3 is 5.97 Å². The molecule has 4 rings (SSSR count). The number of aliphatic carboxylic acids is 1. The molecule has 4 nitrogen and oxygen atoms in total. The molecule has 1 aromatic heterocycles. The molecule has 0 saturated carbocycles. The van der Waals surface area contributed by atoms with Gasteiger partial charge in [0.05, 0.1) is 12.0 Å². The van der Waals surface area contributed by atoms with Gasteiger partial charge in [0.25, 0.3) is 0 Å². The number of hydrogen-bond donors (Lipinski definition) is 3. The summed E-state index contributed by atoms with van der Waals surface area (Å²) >= 11 is 0. The fourth-order valence-electron chi connectivity index (χ4n) is 4.14. The van der Waals surface area contributed by atoms with Crippen molar-refractivity contribution in [2.45, 2.75) is 31.8 Å². The van der Waals surface area contributed by atoms with Gasteiger partial charge in [-0.3, -0.25) is 4.79 Å². The molecule has 0 aliphatic carbocycles. The highest BCUT2D eigenvalue weighted by Gasteiger charge is 2.26. The molecular weight excluding hydrogens is 386 g/mol. The van der Waals surface area contributed by atoms with Gasteiger partial charge < -0.3 is 15.2 Å². The Balaban J connectivity index is 1.35. The molecular formula is C27H27NO3. The third-order valence-corrected chi connectivity index (χ3v) is 5.97. The Hall–Kier alpha value is -3.37. The minimum Gasteiger partial charge on any atom is -0.481 e. The van der Waals surface area contributed by atoms with Gasteiger partial charge in [0, 0.05) is 17.1 Å². The van der Waals surface area contributed by atoms with Crippen LogP contribution >= 0.6 is 0 Å². The van der Waals surface area contributed by atoms with E-state index in [1.807, 2.05) is 48.7 Å². The maximum atomic E-state index is 11.8. The molecule has 3 aromatic carbocycles. The van der Waals surface area contributed by atoms with Crippen LogP contribution < -0.4 is 0 Å². The van der Waals surface area contributed by atoms with Crippen LogP contribution in [0.1, 0.15) is 24.0 Å². The molecule has 0 saturated heterocycles. The van der Waals surface area contributed by atoms with Crippen molar-refractivity contribution in [3.05, 3.63) is 96.2 Å². The zero-order valence-electron chi connectivity index (χ0n) is 17.4. The van der Waals surface area contributed by atoms with Crippen LogP contribution in [0, 0.1) is 5.92 Å². The number of aromatic nitrogens is 1. The Morgan fingerprint density at radius 2 is 1.48 bits per heavy atom. The summed E-state index contributed by atoms with van der Waals surface area (Å²) in [6.45, 7) is 0. The van der Waals surface area contributed by atoms with Gasteiger partial charge in [0.2, 0.25) is 0 Å². The molecule has 0 bridgehead atoms. The van der Waals surface area contributed by atoms with E-state index >= 15 is 0 Å². The van der Waals surface area contributed by atoms with E-state index in [-0.39, 0.29) is 0 Å². The third-order valence-electron chi connectivity index (χ3n) is 5.97. The third kappa shape index (κ3) is 5.04. The lowest BCUT2D eigenvalue weighted by atomic mass is 9.90. The number of carboxylic acids is 1. The molecule has 0 fully saturated rings. The molecule has 158 valence electrons. The van der Waals surface area contributed by atoms with E-state index in [2.05, 4.69) is 41.4 Å². The predicted octanol–water partition coefficient (Wildman–Crippen LogP) is 5.46. The second-order valence-corrected chi connectivity index (χ2v) is 8.01. The van der Waals surface area contributed by atoms with Crippen molar-refractivity contribution in [2.24, 2.45) is 5.92 Å². The summed E-state index contributed by atoms with van der Waals surface area (Å²) in [7, 11) is 0. The van der Waals surface area contributed by atoms with Crippen molar-refractivity contribution < 1.29 is 15.0 Å². The standard InChI is InChI=1S/C27H27NO3/c29-26(17-12-19-10-13-21(14-11-19)20-6-2-1-3-7-20)24(27(30)31)16-15-22-18-28-25-9-5-4-8-23(22)25/h1-11,13-14,18,24,26,28-29H,12,15-17H2,(H,30,31)/t24-,26+/m1/s1. The molecule has 1 heterocycles. The van der Waals surface area contributed by atoms with E-state index in [0.29, 0.717) is 25.7 Å². The number of aromatic amines is 1. The summed E-state index contributed by atoms with van der Waals surface area (Å²) in [6.07, 6.45) is 3.15. The van der Waals surface area contributed by atoms with E-state index in [0.717, 1.165) is 33.2 Å². The number of para-hydroxylation sites is 1. The van der Waals surface area contributed by atoms with Crippen molar-refractivity contribution in [1.82, 2.24) is 4.98 Å². The molecule has 2 atom stereocenters. The number of carboxylic acid groups (broad SMARTS) is 1. The fraction of sp³-hybridized carbons (Fsp3) is 0.222. The predicted molar refractivity (Wildman–Crippen MR) is 124 cm³/mol. The van der Waals surface area contributed by atoms with E-state index in [1.165, 1.54) is 0 Å². The smallest absolute Gasteiger partial charge is 0.309 e. The van der Waals surface area contributed by atoms with Crippen LogP contribution in [0.3, 0.4) is 0 Å². The maximum Gasteiger partial charge on any atom is 0.309 e. The van der Waals surface area contributed by atoms with Gasteiger partial charge in [0.1, 0.15) is 0 Å². The zero-order chi connectivity index (χ0) is 21.6. The molecule has 0 aliphatic heterocycles. The second-order valence-electron chi connectivity index (χ2n) is 8.01. The quantitative estimate of drug-likeness (QED) is 0.341. The van der Waals surface area contributed by atoms with E-state index < -0.39 is 18.0 Å². The highest BCUT2D eigenvalue weighted by Crippen LogP contribution is 2.24. The highest BCUT2D eigenvalue weighted by molar-refractivity contribution is 5.83. The first kappa shape index (κ1) is 20.9. The average molecular weight is 414 g/mol. The van der Waals surface area contributed by atoms with E-state index in [4.69, 9.17) is 0 Å². The van der Waals surface area contributed by atoms with Crippen molar-refractivity contribution in [1.29, 1.82) is 0 Å². The van der Waals surface area contributed by atoms with E-state index in [1.54, 1.807) is 0 Å². The molecule has 3 N–H and O–H groups in total. The lowest BCUT2D eigenvalue weighted by Crippen LogP contribution is -2.29. The number of H-pyrrole nitrogens is 1. The number of fused-ring (bicyclic) bond motifs is 1. The number of carbonyl (C=O) groups is 1. The van der Waals surface area contributed by atoms with Crippen LogP contribution in [0.5, 0.6) is 0 Å². The van der Waals surface area contributed by atoms with Crippen molar-refractivity contribution in [3.8, 4) is 11.1 Å².